The minimum Gasteiger partial charge on any atom is -0.438 e. The van der Waals surface area contributed by atoms with Gasteiger partial charge in [0.15, 0.2) is 5.60 Å². The first-order chi connectivity index (χ1) is 12.9. The zero-order valence-electron chi connectivity index (χ0n) is 15.3. The third-order valence-corrected chi connectivity index (χ3v) is 5.53. The summed E-state index contributed by atoms with van der Waals surface area (Å²) in [4.78, 5) is 29.9. The van der Waals surface area contributed by atoms with Crippen LogP contribution in [0.2, 0.25) is 0 Å². The molecule has 2 atom stereocenters. The van der Waals surface area contributed by atoms with Crippen molar-refractivity contribution >= 4 is 23.9 Å². The van der Waals surface area contributed by atoms with E-state index in [9.17, 15) is 9.59 Å². The number of piperidine rings is 1. The van der Waals surface area contributed by atoms with Crippen LogP contribution in [0.5, 0.6) is 0 Å². The normalized spacial score (nSPS) is 27.7. The van der Waals surface area contributed by atoms with E-state index in [-0.39, 0.29) is 12.0 Å². The number of nitrogens with zero attached hydrogens (tertiary/aromatic N) is 2. The lowest BCUT2D eigenvalue weighted by Crippen LogP contribution is -2.52. The van der Waals surface area contributed by atoms with Gasteiger partial charge in [0.05, 0.1) is 13.2 Å². The van der Waals surface area contributed by atoms with Crippen molar-refractivity contribution in [3.8, 4) is 0 Å². The maximum Gasteiger partial charge on any atom is 0.410 e. The van der Waals surface area contributed by atoms with Crippen molar-refractivity contribution in [2.75, 3.05) is 38.6 Å². The molecule has 2 unspecified atom stereocenters. The van der Waals surface area contributed by atoms with E-state index in [1.165, 1.54) is 6.08 Å². The van der Waals surface area contributed by atoms with E-state index in [0.717, 1.165) is 5.56 Å². The van der Waals surface area contributed by atoms with Gasteiger partial charge < -0.3 is 25.4 Å². The lowest BCUT2D eigenvalue weighted by Gasteiger charge is -2.38. The molecule has 1 aromatic heterocycles. The average molecular weight is 372 g/mol. The maximum atomic E-state index is 12.2. The molecule has 3 heterocycles. The van der Waals surface area contributed by atoms with E-state index in [1.807, 2.05) is 6.92 Å². The number of hydrogen-bond acceptors (Lipinski definition) is 6. The second-order valence-electron chi connectivity index (χ2n) is 7.80. The van der Waals surface area contributed by atoms with Crippen LogP contribution < -0.4 is 11.1 Å². The highest BCUT2D eigenvalue weighted by molar-refractivity contribution is 5.91. The first-order valence-electron chi connectivity index (χ1n) is 9.17. The summed E-state index contributed by atoms with van der Waals surface area (Å²) in [6, 6.07) is 3.50. The van der Waals surface area contributed by atoms with Crippen molar-refractivity contribution in [1.29, 1.82) is 0 Å². The molecule has 0 aromatic carbocycles. The first-order valence-corrected chi connectivity index (χ1v) is 9.17. The number of likely N-dealkylation sites (tertiary alicyclic amines) is 1. The quantitative estimate of drug-likeness (QED) is 0.744. The number of amides is 2. The van der Waals surface area contributed by atoms with E-state index < -0.39 is 5.60 Å². The molecule has 4 rings (SSSR count). The molecule has 2 saturated heterocycles. The smallest absolute Gasteiger partial charge is 0.410 e. The van der Waals surface area contributed by atoms with Gasteiger partial charge in [-0.05, 0) is 48.4 Å². The molecule has 0 radical (unpaired) electrons. The Kier molecular flexibility index (Phi) is 4.51. The second-order valence-corrected chi connectivity index (χ2v) is 7.80. The van der Waals surface area contributed by atoms with Crippen LogP contribution in [0.15, 0.2) is 24.4 Å². The zero-order chi connectivity index (χ0) is 19.0. The fourth-order valence-electron chi connectivity index (χ4n) is 3.79. The van der Waals surface area contributed by atoms with Crippen LogP contribution in [-0.4, -0.2) is 60.3 Å². The Balaban J connectivity index is 1.17. The molecular weight excluding hydrogens is 348 g/mol. The third-order valence-electron chi connectivity index (χ3n) is 5.53. The molecule has 144 valence electrons. The van der Waals surface area contributed by atoms with Gasteiger partial charge in [-0.25, -0.2) is 9.78 Å². The van der Waals surface area contributed by atoms with Gasteiger partial charge in [-0.3, -0.25) is 4.79 Å². The monoisotopic (exact) mass is 372 g/mol. The molecule has 8 nitrogen and oxygen atoms in total. The highest BCUT2D eigenvalue weighted by atomic mass is 16.6. The first kappa shape index (κ1) is 17.8. The van der Waals surface area contributed by atoms with Crippen molar-refractivity contribution in [3.63, 3.8) is 0 Å². The molecule has 3 aliphatic rings. The van der Waals surface area contributed by atoms with Gasteiger partial charge in [-0.2, -0.15) is 0 Å². The highest BCUT2D eigenvalue weighted by Crippen LogP contribution is 2.51. The van der Waals surface area contributed by atoms with Gasteiger partial charge in [0.25, 0.3) is 0 Å². The van der Waals surface area contributed by atoms with Crippen molar-refractivity contribution < 1.29 is 19.1 Å². The van der Waals surface area contributed by atoms with Crippen molar-refractivity contribution in [3.05, 3.63) is 30.0 Å². The molecule has 3 fully saturated rings. The molecule has 0 bridgehead atoms. The number of fused-ring (bicyclic) bond motifs is 1. The summed E-state index contributed by atoms with van der Waals surface area (Å²) in [5.41, 5.74) is 5.88. The zero-order valence-corrected chi connectivity index (χ0v) is 15.3. The Hall–Kier alpha value is -2.61. The van der Waals surface area contributed by atoms with E-state index in [0.29, 0.717) is 56.4 Å². The van der Waals surface area contributed by atoms with Gasteiger partial charge >= 0.3 is 6.09 Å². The summed E-state index contributed by atoms with van der Waals surface area (Å²) >= 11 is 0. The molecule has 2 amide bonds. The van der Waals surface area contributed by atoms with Gasteiger partial charge in [-0.15, -0.1) is 0 Å². The summed E-state index contributed by atoms with van der Waals surface area (Å²) in [5.74, 6) is 1.66. The molecule has 0 spiro atoms. The Morgan fingerprint density at radius 3 is 2.74 bits per heavy atom. The maximum absolute atomic E-state index is 12.2. The van der Waals surface area contributed by atoms with Gasteiger partial charge in [0.2, 0.25) is 5.91 Å². The van der Waals surface area contributed by atoms with Crippen LogP contribution in [0.1, 0.15) is 12.5 Å². The molecule has 27 heavy (non-hydrogen) atoms. The topological polar surface area (TPSA) is 107 Å². The number of aromatic nitrogens is 1. The van der Waals surface area contributed by atoms with Gasteiger partial charge in [0.1, 0.15) is 5.82 Å². The van der Waals surface area contributed by atoms with E-state index in [1.54, 1.807) is 29.3 Å². The number of nitrogen functional groups attached to an aromatic ring is 1. The Morgan fingerprint density at radius 1 is 1.41 bits per heavy atom. The number of ether oxygens (including phenoxy) is 2. The largest absolute Gasteiger partial charge is 0.438 e. The molecular formula is C19H24N4O4. The molecule has 3 N–H and O–H groups in total. The van der Waals surface area contributed by atoms with Crippen LogP contribution in [0.4, 0.5) is 10.6 Å². The summed E-state index contributed by atoms with van der Waals surface area (Å²) < 4.78 is 10.6. The van der Waals surface area contributed by atoms with E-state index >= 15 is 0 Å². The Morgan fingerprint density at radius 2 is 2.15 bits per heavy atom. The van der Waals surface area contributed by atoms with Crippen LogP contribution in [-0.2, 0) is 14.3 Å². The summed E-state index contributed by atoms with van der Waals surface area (Å²) in [7, 11) is 0. The van der Waals surface area contributed by atoms with Gasteiger partial charge in [0, 0.05) is 31.9 Å². The average Bonchev–Trinajstić information content (AvgIpc) is 3.07. The Labute approximate surface area is 157 Å². The SMILES string of the molecule is CC1(OC(=O)N2CC3C(CNC(=O)/C=C/c4ccc(N)nc4)C3C2)COC1. The number of rotatable bonds is 5. The number of pyridine rings is 1. The van der Waals surface area contributed by atoms with Crippen molar-refractivity contribution in [1.82, 2.24) is 15.2 Å². The standard InChI is InChI=1S/C19H24N4O4/c1-19(10-26-11-19)27-18(25)23-8-14-13(15(14)9-23)7-22-17(24)5-3-12-2-4-16(20)21-6-12/h2-6,13-15H,7-11H2,1H3,(H2,20,21)(H,22,24)/b5-3+. The van der Waals surface area contributed by atoms with E-state index in [4.69, 9.17) is 15.2 Å². The molecule has 1 aromatic rings. The summed E-state index contributed by atoms with van der Waals surface area (Å²) in [5, 5.41) is 2.93. The number of hydrogen-bond donors (Lipinski definition) is 2. The summed E-state index contributed by atoms with van der Waals surface area (Å²) in [6.07, 6.45) is 4.57. The summed E-state index contributed by atoms with van der Waals surface area (Å²) in [6.45, 7) is 4.86. The lowest BCUT2D eigenvalue weighted by molar-refractivity contribution is -0.171. The lowest BCUT2D eigenvalue weighted by atomic mass is 10.1. The van der Waals surface area contributed by atoms with Crippen LogP contribution in [0.25, 0.3) is 6.08 Å². The van der Waals surface area contributed by atoms with Crippen LogP contribution >= 0.6 is 0 Å². The molecule has 1 saturated carbocycles. The van der Waals surface area contributed by atoms with Crippen molar-refractivity contribution in [2.45, 2.75) is 12.5 Å². The number of nitrogens with two attached hydrogens (primary N) is 1. The van der Waals surface area contributed by atoms with Crippen LogP contribution in [0.3, 0.4) is 0 Å². The van der Waals surface area contributed by atoms with Gasteiger partial charge in [-0.1, -0.05) is 0 Å². The number of nitrogens with one attached hydrogen (secondary N) is 1. The van der Waals surface area contributed by atoms with Crippen LogP contribution in [0, 0.1) is 17.8 Å². The molecule has 2 aliphatic heterocycles. The second kappa shape index (κ2) is 6.84. The predicted molar refractivity (Wildman–Crippen MR) is 98.4 cm³/mol. The Bertz CT molecular complexity index is 747. The number of carbonyl (C=O) groups excluding carboxylic acids is 2. The highest BCUT2D eigenvalue weighted by Gasteiger charge is 2.57. The van der Waals surface area contributed by atoms with Crippen molar-refractivity contribution in [2.24, 2.45) is 17.8 Å². The number of carbonyl (C=O) groups is 2. The fraction of sp³-hybridized carbons (Fsp3) is 0.526. The molecule has 1 aliphatic carbocycles. The van der Waals surface area contributed by atoms with E-state index in [2.05, 4.69) is 10.3 Å². The fourth-order valence-corrected chi connectivity index (χ4v) is 3.79. The minimum atomic E-state index is -0.469. The molecule has 8 heteroatoms. The third kappa shape index (κ3) is 3.90. The number of anilines is 1. The predicted octanol–water partition coefficient (Wildman–Crippen LogP) is 0.896. The minimum absolute atomic E-state index is 0.133.